The maximum atomic E-state index is 12.1. The molecule has 1 N–H and O–H groups in total. The number of carbonyl (C=O) groups excluding carboxylic acids is 1. The largest absolute Gasteiger partial charge is 0.339 e. The highest BCUT2D eigenvalue weighted by Gasteiger charge is 2.25. The second-order valence-corrected chi connectivity index (χ2v) is 5.48. The first kappa shape index (κ1) is 13.1. The van der Waals surface area contributed by atoms with E-state index in [4.69, 9.17) is 0 Å². The Morgan fingerprint density at radius 3 is 2.65 bits per heavy atom. The third-order valence-corrected chi connectivity index (χ3v) is 3.98. The fourth-order valence-corrected chi connectivity index (χ4v) is 2.92. The number of hydrogen-bond donors (Lipinski definition) is 1. The van der Waals surface area contributed by atoms with E-state index in [-0.39, 0.29) is 12.1 Å². The SMILES string of the molecule is O=C(NC1CCCN(c2ncccn2)C1)N1CCCC1. The van der Waals surface area contributed by atoms with Gasteiger partial charge in [-0.3, -0.25) is 0 Å². The first-order chi connectivity index (χ1) is 9.83. The molecule has 108 valence electrons. The molecule has 0 aromatic carbocycles. The van der Waals surface area contributed by atoms with Gasteiger partial charge < -0.3 is 15.1 Å². The van der Waals surface area contributed by atoms with Crippen molar-refractivity contribution < 1.29 is 4.79 Å². The van der Waals surface area contributed by atoms with Gasteiger partial charge in [-0.1, -0.05) is 0 Å². The Labute approximate surface area is 119 Å². The van der Waals surface area contributed by atoms with Gasteiger partial charge in [0.2, 0.25) is 5.95 Å². The number of hydrogen-bond acceptors (Lipinski definition) is 4. The van der Waals surface area contributed by atoms with Gasteiger partial charge >= 0.3 is 6.03 Å². The van der Waals surface area contributed by atoms with E-state index in [2.05, 4.69) is 20.2 Å². The zero-order chi connectivity index (χ0) is 13.8. The average Bonchev–Trinajstić information content (AvgIpc) is 3.03. The highest BCUT2D eigenvalue weighted by atomic mass is 16.2. The standard InChI is InChI=1S/C14H21N5O/c20-14(18-8-1-2-9-18)17-12-5-3-10-19(11-12)13-15-6-4-7-16-13/h4,6-7,12H,1-3,5,8-11H2,(H,17,20). The normalized spacial score (nSPS) is 22.9. The molecule has 6 heteroatoms. The monoisotopic (exact) mass is 275 g/mol. The number of anilines is 1. The molecule has 2 saturated heterocycles. The number of nitrogens with one attached hydrogen (secondary N) is 1. The molecule has 2 aliphatic heterocycles. The van der Waals surface area contributed by atoms with Crippen molar-refractivity contribution in [1.82, 2.24) is 20.2 Å². The van der Waals surface area contributed by atoms with Crippen LogP contribution in [0.5, 0.6) is 0 Å². The molecule has 3 rings (SSSR count). The summed E-state index contributed by atoms with van der Waals surface area (Å²) in [4.78, 5) is 24.8. The molecule has 1 aromatic rings. The molecule has 0 radical (unpaired) electrons. The van der Waals surface area contributed by atoms with Crippen LogP contribution >= 0.6 is 0 Å². The van der Waals surface area contributed by atoms with Crippen molar-refractivity contribution in [2.24, 2.45) is 0 Å². The lowest BCUT2D eigenvalue weighted by Crippen LogP contribution is -2.51. The van der Waals surface area contributed by atoms with E-state index in [0.717, 1.165) is 57.8 Å². The molecule has 20 heavy (non-hydrogen) atoms. The third kappa shape index (κ3) is 3.00. The Morgan fingerprint density at radius 1 is 1.15 bits per heavy atom. The van der Waals surface area contributed by atoms with E-state index in [1.165, 1.54) is 0 Å². The number of aromatic nitrogens is 2. The molecule has 3 heterocycles. The van der Waals surface area contributed by atoms with E-state index < -0.39 is 0 Å². The van der Waals surface area contributed by atoms with Gasteiger partial charge in [0.25, 0.3) is 0 Å². The van der Waals surface area contributed by atoms with Crippen LogP contribution in [-0.4, -0.2) is 53.1 Å². The first-order valence-corrected chi connectivity index (χ1v) is 7.40. The summed E-state index contributed by atoms with van der Waals surface area (Å²) in [7, 11) is 0. The predicted octanol–water partition coefficient (Wildman–Crippen LogP) is 1.25. The Kier molecular flexibility index (Phi) is 3.99. The second kappa shape index (κ2) is 6.07. The summed E-state index contributed by atoms with van der Waals surface area (Å²) in [6.45, 7) is 3.54. The molecule has 1 aromatic heterocycles. The average molecular weight is 275 g/mol. The molecule has 0 aliphatic carbocycles. The van der Waals surface area contributed by atoms with Crippen molar-refractivity contribution >= 4 is 12.0 Å². The van der Waals surface area contributed by atoms with Crippen LogP contribution in [0.4, 0.5) is 10.7 Å². The van der Waals surface area contributed by atoms with E-state index in [1.807, 2.05) is 11.0 Å². The van der Waals surface area contributed by atoms with E-state index >= 15 is 0 Å². The van der Waals surface area contributed by atoms with Crippen molar-refractivity contribution in [3.63, 3.8) is 0 Å². The Bertz CT molecular complexity index is 446. The number of piperidine rings is 1. The molecular weight excluding hydrogens is 254 g/mol. The van der Waals surface area contributed by atoms with Crippen LogP contribution in [0.25, 0.3) is 0 Å². The lowest BCUT2D eigenvalue weighted by molar-refractivity contribution is 0.202. The Morgan fingerprint density at radius 2 is 1.90 bits per heavy atom. The number of rotatable bonds is 2. The summed E-state index contributed by atoms with van der Waals surface area (Å²) in [5.74, 6) is 0.757. The van der Waals surface area contributed by atoms with Crippen LogP contribution in [0, 0.1) is 0 Å². The molecule has 2 amide bonds. The number of amides is 2. The van der Waals surface area contributed by atoms with Gasteiger partial charge in [0, 0.05) is 44.6 Å². The molecule has 1 unspecified atom stereocenters. The first-order valence-electron chi connectivity index (χ1n) is 7.40. The molecular formula is C14H21N5O. The third-order valence-electron chi connectivity index (χ3n) is 3.98. The summed E-state index contributed by atoms with van der Waals surface area (Å²) in [6, 6.07) is 2.10. The topological polar surface area (TPSA) is 61.4 Å². The van der Waals surface area contributed by atoms with E-state index in [0.29, 0.717) is 0 Å². The number of carbonyl (C=O) groups is 1. The molecule has 6 nitrogen and oxygen atoms in total. The number of nitrogens with zero attached hydrogens (tertiary/aromatic N) is 4. The predicted molar refractivity (Wildman–Crippen MR) is 76.6 cm³/mol. The lowest BCUT2D eigenvalue weighted by Gasteiger charge is -2.33. The zero-order valence-corrected chi connectivity index (χ0v) is 11.7. The van der Waals surface area contributed by atoms with Gasteiger partial charge in [-0.2, -0.15) is 0 Å². The van der Waals surface area contributed by atoms with Gasteiger partial charge in [-0.25, -0.2) is 14.8 Å². The summed E-state index contributed by atoms with van der Waals surface area (Å²) in [6.07, 6.45) is 7.86. The van der Waals surface area contributed by atoms with Crippen LogP contribution in [0.2, 0.25) is 0 Å². The molecule has 0 bridgehead atoms. The number of urea groups is 1. The van der Waals surface area contributed by atoms with Crippen LogP contribution < -0.4 is 10.2 Å². The maximum Gasteiger partial charge on any atom is 0.317 e. The Hall–Kier alpha value is -1.85. The van der Waals surface area contributed by atoms with Crippen molar-refractivity contribution in [2.45, 2.75) is 31.7 Å². The molecule has 0 saturated carbocycles. The van der Waals surface area contributed by atoms with Crippen LogP contribution in [0.15, 0.2) is 18.5 Å². The molecule has 1 atom stereocenters. The Balaban J connectivity index is 1.56. The van der Waals surface area contributed by atoms with E-state index in [9.17, 15) is 4.79 Å². The van der Waals surface area contributed by atoms with Crippen molar-refractivity contribution in [1.29, 1.82) is 0 Å². The summed E-state index contributed by atoms with van der Waals surface area (Å²) < 4.78 is 0. The molecule has 2 fully saturated rings. The fourth-order valence-electron chi connectivity index (χ4n) is 2.92. The summed E-state index contributed by atoms with van der Waals surface area (Å²) in [5.41, 5.74) is 0. The zero-order valence-electron chi connectivity index (χ0n) is 11.7. The molecule has 2 aliphatic rings. The minimum atomic E-state index is 0.0864. The highest BCUT2D eigenvalue weighted by Crippen LogP contribution is 2.16. The van der Waals surface area contributed by atoms with Gasteiger partial charge in [0.15, 0.2) is 0 Å². The van der Waals surface area contributed by atoms with Crippen LogP contribution in [0.3, 0.4) is 0 Å². The van der Waals surface area contributed by atoms with Crippen molar-refractivity contribution in [3.05, 3.63) is 18.5 Å². The minimum Gasteiger partial charge on any atom is -0.339 e. The van der Waals surface area contributed by atoms with Gasteiger partial charge in [0.1, 0.15) is 0 Å². The maximum absolute atomic E-state index is 12.1. The van der Waals surface area contributed by atoms with Crippen LogP contribution in [-0.2, 0) is 0 Å². The summed E-state index contributed by atoms with van der Waals surface area (Å²) in [5, 5.41) is 3.15. The smallest absolute Gasteiger partial charge is 0.317 e. The van der Waals surface area contributed by atoms with Crippen molar-refractivity contribution in [3.8, 4) is 0 Å². The van der Waals surface area contributed by atoms with Crippen LogP contribution in [0.1, 0.15) is 25.7 Å². The minimum absolute atomic E-state index is 0.0864. The second-order valence-electron chi connectivity index (χ2n) is 5.48. The lowest BCUT2D eigenvalue weighted by atomic mass is 10.1. The highest BCUT2D eigenvalue weighted by molar-refractivity contribution is 5.74. The summed E-state index contributed by atoms with van der Waals surface area (Å²) >= 11 is 0. The number of likely N-dealkylation sites (tertiary alicyclic amines) is 1. The quantitative estimate of drug-likeness (QED) is 0.882. The van der Waals surface area contributed by atoms with Gasteiger partial charge in [-0.15, -0.1) is 0 Å². The fraction of sp³-hybridized carbons (Fsp3) is 0.643. The van der Waals surface area contributed by atoms with Gasteiger partial charge in [0.05, 0.1) is 0 Å². The van der Waals surface area contributed by atoms with Gasteiger partial charge in [-0.05, 0) is 31.7 Å². The molecule has 0 spiro atoms. The van der Waals surface area contributed by atoms with E-state index in [1.54, 1.807) is 12.4 Å². The van der Waals surface area contributed by atoms with Crippen molar-refractivity contribution in [2.75, 3.05) is 31.1 Å².